The van der Waals surface area contributed by atoms with Gasteiger partial charge in [0, 0.05) is 12.5 Å². The van der Waals surface area contributed by atoms with E-state index in [1.54, 1.807) is 12.4 Å². The van der Waals surface area contributed by atoms with Gasteiger partial charge in [-0.05, 0) is 61.2 Å². The molecule has 27 heavy (non-hydrogen) atoms. The molecule has 0 aliphatic carbocycles. The molecule has 2 aromatic carbocycles. The molecular formula is C22H24FN3O. The fourth-order valence-corrected chi connectivity index (χ4v) is 3.99. The molecule has 1 aromatic heterocycles. The number of ketones is 1. The van der Waals surface area contributed by atoms with Crippen LogP contribution in [0.3, 0.4) is 0 Å². The maximum Gasteiger partial charge on any atom is 0.154 e. The van der Waals surface area contributed by atoms with Crippen LogP contribution in [0.2, 0.25) is 0 Å². The third-order valence-corrected chi connectivity index (χ3v) is 5.41. The second-order valence-corrected chi connectivity index (χ2v) is 7.38. The molecule has 0 bridgehead atoms. The maximum absolute atomic E-state index is 13.6. The minimum Gasteiger partial charge on any atom is -0.323 e. The number of imidazole rings is 1. The van der Waals surface area contributed by atoms with Gasteiger partial charge in [-0.15, -0.1) is 0 Å². The number of Topliss-reactive ketones (excluding diaryl/α,β-unsaturated/α-hetero) is 1. The number of halogens is 1. The lowest BCUT2D eigenvalue weighted by Crippen LogP contribution is -2.36. The molecule has 3 aromatic rings. The first-order valence-electron chi connectivity index (χ1n) is 9.57. The highest BCUT2D eigenvalue weighted by atomic mass is 19.1. The van der Waals surface area contributed by atoms with Crippen LogP contribution >= 0.6 is 0 Å². The van der Waals surface area contributed by atoms with Crippen LogP contribution in [0, 0.1) is 12.7 Å². The van der Waals surface area contributed by atoms with Gasteiger partial charge >= 0.3 is 0 Å². The monoisotopic (exact) mass is 365 g/mol. The highest BCUT2D eigenvalue weighted by Crippen LogP contribution is 2.29. The summed E-state index contributed by atoms with van der Waals surface area (Å²) in [7, 11) is 0. The summed E-state index contributed by atoms with van der Waals surface area (Å²) in [6.45, 7) is 3.34. The van der Waals surface area contributed by atoms with Crippen molar-refractivity contribution < 1.29 is 9.18 Å². The van der Waals surface area contributed by atoms with Crippen molar-refractivity contribution in [1.29, 1.82) is 0 Å². The van der Waals surface area contributed by atoms with Gasteiger partial charge in [-0.3, -0.25) is 4.79 Å². The molecule has 0 amide bonds. The number of aromatic nitrogens is 2. The molecule has 140 valence electrons. The minimum absolute atomic E-state index is 0.223. The predicted octanol–water partition coefficient (Wildman–Crippen LogP) is 4.25. The van der Waals surface area contributed by atoms with Crippen LogP contribution < -0.4 is 5.32 Å². The Morgan fingerprint density at radius 1 is 1.30 bits per heavy atom. The molecule has 4 nitrogen and oxygen atoms in total. The molecule has 5 heteroatoms. The number of fused-ring (bicyclic) bond motifs is 1. The number of nitrogens with one attached hydrogen (secondary N) is 1. The second-order valence-electron chi connectivity index (χ2n) is 7.38. The number of hydrogen-bond donors (Lipinski definition) is 1. The first kappa shape index (κ1) is 17.9. The zero-order chi connectivity index (χ0) is 18.8. The molecule has 1 atom stereocenters. The van der Waals surface area contributed by atoms with E-state index in [1.165, 1.54) is 25.0 Å². The number of hydrogen-bond acceptors (Lipinski definition) is 3. The Hall–Kier alpha value is -2.53. The fourth-order valence-electron chi connectivity index (χ4n) is 3.99. The van der Waals surface area contributed by atoms with Crippen LogP contribution in [0.5, 0.6) is 0 Å². The van der Waals surface area contributed by atoms with Gasteiger partial charge < -0.3 is 9.88 Å². The molecule has 0 radical (unpaired) electrons. The van der Waals surface area contributed by atoms with Crippen molar-refractivity contribution in [2.45, 2.75) is 45.2 Å². The maximum atomic E-state index is 13.6. The summed E-state index contributed by atoms with van der Waals surface area (Å²) in [5.74, 6) is -0.0278. The standard InChI is InChI=1S/C22H24FN3O/c1-15-20(16-5-4-6-17(23)11-16)8-9-21-22(15)25-14-26(21)13-19(27)12-18-7-2-3-10-24-18/h4-6,8-9,11,14,18,24H,2-3,7,10,12-13H2,1H3/t18-/m0/s1. The van der Waals surface area contributed by atoms with Gasteiger partial charge in [-0.25, -0.2) is 9.37 Å². The van der Waals surface area contributed by atoms with E-state index < -0.39 is 0 Å². The number of piperidine rings is 1. The summed E-state index contributed by atoms with van der Waals surface area (Å²) in [6.07, 6.45) is 5.77. The first-order valence-corrected chi connectivity index (χ1v) is 9.57. The minimum atomic E-state index is -0.251. The molecule has 1 N–H and O–H groups in total. The lowest BCUT2D eigenvalue weighted by Gasteiger charge is -2.22. The van der Waals surface area contributed by atoms with E-state index in [0.717, 1.165) is 40.7 Å². The third-order valence-electron chi connectivity index (χ3n) is 5.41. The van der Waals surface area contributed by atoms with Crippen LogP contribution in [0.1, 0.15) is 31.2 Å². The van der Waals surface area contributed by atoms with Gasteiger partial charge in [-0.1, -0.05) is 24.6 Å². The molecule has 1 saturated heterocycles. The van der Waals surface area contributed by atoms with Gasteiger partial charge in [0.05, 0.1) is 23.9 Å². The number of rotatable bonds is 5. The summed E-state index contributed by atoms with van der Waals surface area (Å²) in [4.78, 5) is 17.0. The van der Waals surface area contributed by atoms with E-state index >= 15 is 0 Å². The van der Waals surface area contributed by atoms with E-state index in [-0.39, 0.29) is 11.6 Å². The number of carbonyl (C=O) groups excluding carboxylic acids is 1. The van der Waals surface area contributed by atoms with Crippen LogP contribution in [0.4, 0.5) is 4.39 Å². The summed E-state index contributed by atoms with van der Waals surface area (Å²) in [6, 6.07) is 10.9. The number of nitrogens with zero attached hydrogens (tertiary/aromatic N) is 2. The molecule has 1 aliphatic rings. The Balaban J connectivity index is 1.57. The molecule has 2 heterocycles. The van der Waals surface area contributed by atoms with E-state index in [4.69, 9.17) is 0 Å². The molecular weight excluding hydrogens is 341 g/mol. The van der Waals surface area contributed by atoms with Gasteiger partial charge in [0.1, 0.15) is 5.82 Å². The topological polar surface area (TPSA) is 46.9 Å². The average Bonchev–Trinajstić information content (AvgIpc) is 3.06. The average molecular weight is 365 g/mol. The second kappa shape index (κ2) is 7.61. The number of carbonyl (C=O) groups is 1. The molecule has 0 saturated carbocycles. The van der Waals surface area contributed by atoms with Crippen molar-refractivity contribution in [2.75, 3.05) is 6.54 Å². The normalized spacial score (nSPS) is 17.3. The molecule has 0 spiro atoms. The SMILES string of the molecule is Cc1c(-c2cccc(F)c2)ccc2c1ncn2CC(=O)C[C@@H]1CCCCN1. The smallest absolute Gasteiger partial charge is 0.154 e. The van der Waals surface area contributed by atoms with Crippen LogP contribution in [-0.4, -0.2) is 27.9 Å². The molecule has 1 fully saturated rings. The van der Waals surface area contributed by atoms with Crippen molar-refractivity contribution in [3.63, 3.8) is 0 Å². The Morgan fingerprint density at radius 3 is 2.96 bits per heavy atom. The highest BCUT2D eigenvalue weighted by Gasteiger charge is 2.18. The van der Waals surface area contributed by atoms with Crippen molar-refractivity contribution in [3.8, 4) is 11.1 Å². The summed E-state index contributed by atoms with van der Waals surface area (Å²) >= 11 is 0. The zero-order valence-corrected chi connectivity index (χ0v) is 15.5. The number of aryl methyl sites for hydroxylation is 1. The van der Waals surface area contributed by atoms with Gasteiger partial charge in [0.2, 0.25) is 0 Å². The van der Waals surface area contributed by atoms with Gasteiger partial charge in [0.25, 0.3) is 0 Å². The largest absolute Gasteiger partial charge is 0.323 e. The predicted molar refractivity (Wildman–Crippen MR) is 105 cm³/mol. The van der Waals surface area contributed by atoms with Crippen LogP contribution in [0.25, 0.3) is 22.2 Å². The van der Waals surface area contributed by atoms with Crippen molar-refractivity contribution in [3.05, 3.63) is 54.1 Å². The third kappa shape index (κ3) is 3.78. The lowest BCUT2D eigenvalue weighted by atomic mass is 9.99. The first-order chi connectivity index (χ1) is 13.1. The quantitative estimate of drug-likeness (QED) is 0.735. The zero-order valence-electron chi connectivity index (χ0n) is 15.5. The summed E-state index contributed by atoms with van der Waals surface area (Å²) < 4.78 is 15.5. The fraction of sp³-hybridized carbons (Fsp3) is 0.364. The van der Waals surface area contributed by atoms with Crippen molar-refractivity contribution in [2.24, 2.45) is 0 Å². The summed E-state index contributed by atoms with van der Waals surface area (Å²) in [5, 5.41) is 3.43. The molecule has 4 rings (SSSR count). The van der Waals surface area contributed by atoms with E-state index in [2.05, 4.69) is 10.3 Å². The van der Waals surface area contributed by atoms with E-state index in [9.17, 15) is 9.18 Å². The Kier molecular flexibility index (Phi) is 5.03. The Bertz CT molecular complexity index is 973. The van der Waals surface area contributed by atoms with Crippen molar-refractivity contribution >= 4 is 16.8 Å². The van der Waals surface area contributed by atoms with Gasteiger partial charge in [-0.2, -0.15) is 0 Å². The Labute approximate surface area is 158 Å². The molecule has 0 unspecified atom stereocenters. The van der Waals surface area contributed by atoms with E-state index in [0.29, 0.717) is 19.0 Å². The lowest BCUT2D eigenvalue weighted by molar-refractivity contribution is -0.120. The molecule has 1 aliphatic heterocycles. The van der Waals surface area contributed by atoms with Crippen LogP contribution in [0.15, 0.2) is 42.7 Å². The highest BCUT2D eigenvalue weighted by molar-refractivity contribution is 5.88. The Morgan fingerprint density at radius 2 is 2.19 bits per heavy atom. The van der Waals surface area contributed by atoms with Crippen LogP contribution in [-0.2, 0) is 11.3 Å². The van der Waals surface area contributed by atoms with Crippen molar-refractivity contribution in [1.82, 2.24) is 14.9 Å². The van der Waals surface area contributed by atoms with E-state index in [1.807, 2.05) is 29.7 Å². The van der Waals surface area contributed by atoms with Gasteiger partial charge in [0.15, 0.2) is 5.78 Å². The summed E-state index contributed by atoms with van der Waals surface area (Å²) in [5.41, 5.74) is 4.60. The number of benzene rings is 2.